The summed E-state index contributed by atoms with van der Waals surface area (Å²) < 4.78 is 5.05. The van der Waals surface area contributed by atoms with Gasteiger partial charge in [0.25, 0.3) is 0 Å². The minimum atomic E-state index is -0.635. The molecule has 0 heterocycles. The number of rotatable bonds is 3. The van der Waals surface area contributed by atoms with Crippen molar-refractivity contribution in [3.05, 3.63) is 23.8 Å². The van der Waals surface area contributed by atoms with Gasteiger partial charge < -0.3 is 21.3 Å². The van der Waals surface area contributed by atoms with E-state index < -0.39 is 12.1 Å². The Kier molecular flexibility index (Phi) is 3.33. The van der Waals surface area contributed by atoms with E-state index in [-0.39, 0.29) is 0 Å². The van der Waals surface area contributed by atoms with Crippen LogP contribution in [0.3, 0.4) is 0 Å². The van der Waals surface area contributed by atoms with Gasteiger partial charge in [0.1, 0.15) is 5.75 Å². The molecular formula is C10H16N2O2. The molecule has 0 fully saturated rings. The monoisotopic (exact) mass is 196 g/mol. The number of nitrogen functional groups attached to an aromatic ring is 1. The van der Waals surface area contributed by atoms with Crippen LogP contribution in [0.4, 0.5) is 5.69 Å². The molecule has 0 spiro atoms. The number of ether oxygens (including phenoxy) is 1. The van der Waals surface area contributed by atoms with Crippen molar-refractivity contribution in [3.63, 3.8) is 0 Å². The van der Waals surface area contributed by atoms with Crippen molar-refractivity contribution in [2.24, 2.45) is 5.73 Å². The van der Waals surface area contributed by atoms with Crippen molar-refractivity contribution < 1.29 is 9.84 Å². The van der Waals surface area contributed by atoms with Gasteiger partial charge in [-0.3, -0.25) is 0 Å². The minimum absolute atomic E-state index is 0.481. The number of hydrogen-bond donors (Lipinski definition) is 3. The van der Waals surface area contributed by atoms with E-state index in [9.17, 15) is 5.11 Å². The van der Waals surface area contributed by atoms with Gasteiger partial charge in [-0.25, -0.2) is 0 Å². The lowest BCUT2D eigenvalue weighted by Gasteiger charge is -2.17. The first-order chi connectivity index (χ1) is 6.56. The van der Waals surface area contributed by atoms with Crippen molar-refractivity contribution in [2.45, 2.75) is 19.1 Å². The van der Waals surface area contributed by atoms with Gasteiger partial charge in [0, 0.05) is 5.69 Å². The van der Waals surface area contributed by atoms with E-state index in [1.54, 1.807) is 32.2 Å². The van der Waals surface area contributed by atoms with Gasteiger partial charge in [0.15, 0.2) is 0 Å². The molecule has 0 saturated carbocycles. The van der Waals surface area contributed by atoms with E-state index in [0.717, 1.165) is 0 Å². The number of hydrogen-bond acceptors (Lipinski definition) is 4. The molecule has 5 N–H and O–H groups in total. The van der Waals surface area contributed by atoms with Gasteiger partial charge in [0.2, 0.25) is 0 Å². The number of benzene rings is 1. The summed E-state index contributed by atoms with van der Waals surface area (Å²) in [7, 11) is 1.57. The molecule has 2 unspecified atom stereocenters. The van der Waals surface area contributed by atoms with E-state index in [2.05, 4.69) is 0 Å². The van der Waals surface area contributed by atoms with E-state index >= 15 is 0 Å². The molecule has 0 radical (unpaired) electrons. The summed E-state index contributed by atoms with van der Waals surface area (Å²) >= 11 is 0. The number of anilines is 1. The zero-order valence-electron chi connectivity index (χ0n) is 8.40. The molecule has 2 atom stereocenters. The van der Waals surface area contributed by atoms with Gasteiger partial charge in [-0.2, -0.15) is 0 Å². The van der Waals surface area contributed by atoms with E-state index in [0.29, 0.717) is 17.0 Å². The maximum atomic E-state index is 9.34. The largest absolute Gasteiger partial charge is 0.497 e. The number of nitrogens with two attached hydrogens (primary N) is 2. The zero-order valence-corrected chi connectivity index (χ0v) is 8.40. The summed E-state index contributed by atoms with van der Waals surface area (Å²) in [5.74, 6) is 0.685. The summed E-state index contributed by atoms with van der Waals surface area (Å²) in [6.07, 6.45) is -0.635. The highest BCUT2D eigenvalue weighted by atomic mass is 16.5. The van der Waals surface area contributed by atoms with Crippen molar-refractivity contribution in [1.29, 1.82) is 0 Å². The molecule has 14 heavy (non-hydrogen) atoms. The summed E-state index contributed by atoms with van der Waals surface area (Å²) in [5, 5.41) is 9.34. The van der Waals surface area contributed by atoms with Crippen LogP contribution in [0.25, 0.3) is 0 Å². The summed E-state index contributed by atoms with van der Waals surface area (Å²) in [6.45, 7) is 1.63. The van der Waals surface area contributed by atoms with Crippen LogP contribution in [0.2, 0.25) is 0 Å². The second-order valence-corrected chi connectivity index (χ2v) is 3.26. The first kappa shape index (κ1) is 10.8. The fraction of sp³-hybridized carbons (Fsp3) is 0.400. The topological polar surface area (TPSA) is 81.5 Å². The fourth-order valence-corrected chi connectivity index (χ4v) is 1.23. The van der Waals surface area contributed by atoms with Crippen LogP contribution in [-0.2, 0) is 0 Å². The van der Waals surface area contributed by atoms with Crippen molar-refractivity contribution >= 4 is 5.69 Å². The molecule has 78 valence electrons. The Labute approximate surface area is 83.5 Å². The SMILES string of the molecule is COc1ccc(N)c(C(N)C(C)O)c1. The molecule has 4 heteroatoms. The van der Waals surface area contributed by atoms with Gasteiger partial charge in [0.05, 0.1) is 19.3 Å². The zero-order chi connectivity index (χ0) is 10.7. The summed E-state index contributed by atoms with van der Waals surface area (Å²) in [5.41, 5.74) is 12.8. The highest BCUT2D eigenvalue weighted by Crippen LogP contribution is 2.25. The van der Waals surface area contributed by atoms with Crippen molar-refractivity contribution in [1.82, 2.24) is 0 Å². The smallest absolute Gasteiger partial charge is 0.119 e. The molecule has 0 aromatic heterocycles. The van der Waals surface area contributed by atoms with E-state index in [4.69, 9.17) is 16.2 Å². The lowest BCUT2D eigenvalue weighted by Crippen LogP contribution is -2.24. The highest BCUT2D eigenvalue weighted by molar-refractivity contribution is 5.52. The van der Waals surface area contributed by atoms with E-state index in [1.165, 1.54) is 0 Å². The van der Waals surface area contributed by atoms with Crippen LogP contribution in [0.15, 0.2) is 18.2 Å². The number of methoxy groups -OCH3 is 1. The Bertz CT molecular complexity index is 313. The van der Waals surface area contributed by atoms with E-state index in [1.807, 2.05) is 0 Å². The molecule has 0 bridgehead atoms. The van der Waals surface area contributed by atoms with Crippen LogP contribution < -0.4 is 16.2 Å². The molecule has 1 aromatic rings. The van der Waals surface area contributed by atoms with Crippen LogP contribution in [0.1, 0.15) is 18.5 Å². The lowest BCUT2D eigenvalue weighted by molar-refractivity contribution is 0.164. The molecule has 1 rings (SSSR count). The molecule has 1 aromatic carbocycles. The van der Waals surface area contributed by atoms with Crippen LogP contribution in [-0.4, -0.2) is 18.3 Å². The Morgan fingerprint density at radius 1 is 1.43 bits per heavy atom. The fourth-order valence-electron chi connectivity index (χ4n) is 1.23. The molecule has 0 aliphatic heterocycles. The van der Waals surface area contributed by atoms with Crippen LogP contribution in [0, 0.1) is 0 Å². The minimum Gasteiger partial charge on any atom is -0.497 e. The van der Waals surface area contributed by atoms with Crippen LogP contribution in [0.5, 0.6) is 5.75 Å². The predicted molar refractivity (Wildman–Crippen MR) is 56.0 cm³/mol. The Morgan fingerprint density at radius 2 is 2.07 bits per heavy atom. The second kappa shape index (κ2) is 4.30. The van der Waals surface area contributed by atoms with Gasteiger partial charge in [-0.1, -0.05) is 0 Å². The maximum Gasteiger partial charge on any atom is 0.119 e. The predicted octanol–water partition coefficient (Wildman–Crippen LogP) is 0.658. The van der Waals surface area contributed by atoms with Gasteiger partial charge in [-0.05, 0) is 30.7 Å². The van der Waals surface area contributed by atoms with Gasteiger partial charge in [-0.15, -0.1) is 0 Å². The van der Waals surface area contributed by atoms with Crippen LogP contribution >= 0.6 is 0 Å². The third kappa shape index (κ3) is 2.16. The standard InChI is InChI=1S/C10H16N2O2/c1-6(13)10(12)8-5-7(14-2)3-4-9(8)11/h3-6,10,13H,11-12H2,1-2H3. The Morgan fingerprint density at radius 3 is 2.57 bits per heavy atom. The molecular weight excluding hydrogens is 180 g/mol. The number of aliphatic hydroxyl groups is 1. The second-order valence-electron chi connectivity index (χ2n) is 3.26. The third-order valence-electron chi connectivity index (χ3n) is 2.17. The molecule has 0 saturated heterocycles. The summed E-state index contributed by atoms with van der Waals surface area (Å²) in [4.78, 5) is 0. The molecule has 0 aliphatic carbocycles. The Balaban J connectivity index is 3.05. The van der Waals surface area contributed by atoms with Gasteiger partial charge >= 0.3 is 0 Å². The quantitative estimate of drug-likeness (QED) is 0.620. The normalized spacial score (nSPS) is 14.9. The average molecular weight is 196 g/mol. The molecule has 0 aliphatic rings. The maximum absolute atomic E-state index is 9.34. The third-order valence-corrected chi connectivity index (χ3v) is 2.17. The molecule has 4 nitrogen and oxygen atoms in total. The lowest BCUT2D eigenvalue weighted by atomic mass is 10.0. The van der Waals surface area contributed by atoms with Crippen molar-refractivity contribution in [3.8, 4) is 5.75 Å². The van der Waals surface area contributed by atoms with Crippen molar-refractivity contribution in [2.75, 3.05) is 12.8 Å². The average Bonchev–Trinajstić information content (AvgIpc) is 2.17. The Hall–Kier alpha value is -1.26. The summed E-state index contributed by atoms with van der Waals surface area (Å²) in [6, 6.07) is 4.74. The molecule has 0 amide bonds. The number of aliphatic hydroxyl groups excluding tert-OH is 1. The first-order valence-electron chi connectivity index (χ1n) is 4.43. The first-order valence-corrected chi connectivity index (χ1v) is 4.43. The highest BCUT2D eigenvalue weighted by Gasteiger charge is 2.15.